The zero-order chi connectivity index (χ0) is 24.3. The molecular formula is C27H32N2O5. The second-order valence-electron chi connectivity index (χ2n) is 10.2. The van der Waals surface area contributed by atoms with Gasteiger partial charge in [0.2, 0.25) is 5.91 Å². The smallest absolute Gasteiger partial charge is 0.407 e. The van der Waals surface area contributed by atoms with E-state index in [1.807, 2.05) is 24.3 Å². The molecule has 0 heterocycles. The maximum absolute atomic E-state index is 12.6. The fourth-order valence-corrected chi connectivity index (χ4v) is 5.19. The van der Waals surface area contributed by atoms with Crippen LogP contribution in [0.2, 0.25) is 0 Å². The van der Waals surface area contributed by atoms with Gasteiger partial charge < -0.3 is 20.5 Å². The number of hydrogen-bond acceptors (Lipinski definition) is 4. The number of nitrogens with one attached hydrogen (secondary N) is 2. The van der Waals surface area contributed by atoms with Gasteiger partial charge in [-0.15, -0.1) is 0 Å². The van der Waals surface area contributed by atoms with Gasteiger partial charge in [0.1, 0.15) is 6.61 Å². The molecule has 3 N–H and O–H groups in total. The van der Waals surface area contributed by atoms with Crippen LogP contribution in [-0.2, 0) is 14.3 Å². The lowest BCUT2D eigenvalue weighted by Gasteiger charge is -2.42. The molecule has 0 aliphatic heterocycles. The summed E-state index contributed by atoms with van der Waals surface area (Å²) < 4.78 is 5.62. The molecule has 0 aromatic heterocycles. The summed E-state index contributed by atoms with van der Waals surface area (Å²) in [7, 11) is 0. The first-order chi connectivity index (χ1) is 16.2. The van der Waals surface area contributed by atoms with E-state index in [1.165, 1.54) is 11.1 Å². The van der Waals surface area contributed by atoms with Gasteiger partial charge in [0, 0.05) is 24.4 Å². The van der Waals surface area contributed by atoms with Crippen molar-refractivity contribution in [3.63, 3.8) is 0 Å². The van der Waals surface area contributed by atoms with Crippen LogP contribution in [0.15, 0.2) is 48.5 Å². The molecule has 1 fully saturated rings. The first-order valence-electron chi connectivity index (χ1n) is 11.8. The fraction of sp³-hybridized carbons (Fsp3) is 0.444. The van der Waals surface area contributed by atoms with Gasteiger partial charge in [-0.1, -0.05) is 55.0 Å². The average Bonchev–Trinajstić information content (AvgIpc) is 3.06. The van der Waals surface area contributed by atoms with Gasteiger partial charge in [-0.3, -0.25) is 9.59 Å². The highest BCUT2D eigenvalue weighted by Gasteiger charge is 2.40. The fourth-order valence-electron chi connectivity index (χ4n) is 5.19. The lowest BCUT2D eigenvalue weighted by atomic mass is 9.66. The third-order valence-corrected chi connectivity index (χ3v) is 6.97. The Morgan fingerprint density at radius 1 is 1.03 bits per heavy atom. The standard InChI is InChI=1S/C27H32N2O5/c1-26(2,15-24(31)32)29-23(30)14-27(12-7-13-27)17-28-25(33)34-16-22-20-10-5-3-8-18(20)19-9-4-6-11-21(19)22/h3-6,8-11,22H,7,12-17H2,1-2H3,(H,28,33)(H,29,30)(H,31,32). The van der Waals surface area contributed by atoms with E-state index in [-0.39, 0.29) is 36.7 Å². The van der Waals surface area contributed by atoms with Crippen LogP contribution in [0.5, 0.6) is 0 Å². The molecule has 0 atom stereocenters. The van der Waals surface area contributed by atoms with E-state index in [0.29, 0.717) is 6.54 Å². The van der Waals surface area contributed by atoms with Gasteiger partial charge >= 0.3 is 12.1 Å². The van der Waals surface area contributed by atoms with Gasteiger partial charge in [-0.2, -0.15) is 0 Å². The molecule has 2 aromatic rings. The number of alkyl carbamates (subject to hydrolysis) is 1. The van der Waals surface area contributed by atoms with Crippen molar-refractivity contribution in [3.05, 3.63) is 59.7 Å². The number of carboxylic acids is 1. The summed E-state index contributed by atoms with van der Waals surface area (Å²) in [5.74, 6) is -1.15. The predicted molar refractivity (Wildman–Crippen MR) is 128 cm³/mol. The Kier molecular flexibility index (Phi) is 6.64. The number of aliphatic carboxylic acids is 1. The summed E-state index contributed by atoms with van der Waals surface area (Å²) in [5.41, 5.74) is 3.54. The van der Waals surface area contributed by atoms with Crippen molar-refractivity contribution in [3.8, 4) is 11.1 Å². The van der Waals surface area contributed by atoms with Crippen LogP contribution in [0, 0.1) is 5.41 Å². The highest BCUT2D eigenvalue weighted by Crippen LogP contribution is 2.45. The van der Waals surface area contributed by atoms with Gasteiger partial charge in [-0.25, -0.2) is 4.79 Å². The van der Waals surface area contributed by atoms with Crippen LogP contribution in [0.25, 0.3) is 11.1 Å². The van der Waals surface area contributed by atoms with Crippen LogP contribution >= 0.6 is 0 Å². The summed E-state index contributed by atoms with van der Waals surface area (Å²) in [6.45, 7) is 4.00. The van der Waals surface area contributed by atoms with Crippen molar-refractivity contribution >= 4 is 18.0 Å². The maximum Gasteiger partial charge on any atom is 0.407 e. The SMILES string of the molecule is CC(C)(CC(=O)O)NC(=O)CC1(CNC(=O)OCC2c3ccccc3-c3ccccc32)CCC1. The van der Waals surface area contributed by atoms with Crippen LogP contribution in [0.3, 0.4) is 0 Å². The molecule has 0 radical (unpaired) electrons. The van der Waals surface area contributed by atoms with Crippen molar-refractivity contribution < 1.29 is 24.2 Å². The van der Waals surface area contributed by atoms with Crippen molar-refractivity contribution in [2.45, 2.75) is 57.4 Å². The highest BCUT2D eigenvalue weighted by atomic mass is 16.5. The second-order valence-corrected chi connectivity index (χ2v) is 10.2. The minimum atomic E-state index is -0.958. The third-order valence-electron chi connectivity index (χ3n) is 6.97. The first kappa shape index (κ1) is 23.8. The Bertz CT molecular complexity index is 1040. The summed E-state index contributed by atoms with van der Waals surface area (Å²) in [6.07, 6.45) is 2.29. The number of carbonyl (C=O) groups excluding carboxylic acids is 2. The minimum absolute atomic E-state index is 0.00180. The summed E-state index contributed by atoms with van der Waals surface area (Å²) >= 11 is 0. The number of carbonyl (C=O) groups is 3. The molecule has 7 heteroatoms. The summed E-state index contributed by atoms with van der Waals surface area (Å²) in [6, 6.07) is 16.4. The molecule has 7 nitrogen and oxygen atoms in total. The Morgan fingerprint density at radius 2 is 1.62 bits per heavy atom. The van der Waals surface area contributed by atoms with E-state index < -0.39 is 17.6 Å². The van der Waals surface area contributed by atoms with E-state index in [1.54, 1.807) is 13.8 Å². The van der Waals surface area contributed by atoms with Crippen LogP contribution in [-0.4, -0.2) is 41.8 Å². The summed E-state index contributed by atoms with van der Waals surface area (Å²) in [5, 5.41) is 14.7. The van der Waals surface area contributed by atoms with E-state index in [2.05, 4.69) is 34.9 Å². The second kappa shape index (κ2) is 9.49. The molecule has 34 heavy (non-hydrogen) atoms. The number of fused-ring (bicyclic) bond motifs is 3. The molecule has 0 unspecified atom stereocenters. The Balaban J connectivity index is 1.31. The van der Waals surface area contributed by atoms with Crippen molar-refractivity contribution in [2.75, 3.05) is 13.2 Å². The van der Waals surface area contributed by atoms with E-state index >= 15 is 0 Å². The molecule has 2 aliphatic rings. The molecule has 0 bridgehead atoms. The first-order valence-corrected chi connectivity index (χ1v) is 11.8. The molecule has 180 valence electrons. The number of benzene rings is 2. The molecule has 2 aliphatic carbocycles. The third kappa shape index (κ3) is 5.24. The number of carboxylic acid groups (broad SMARTS) is 1. The number of ether oxygens (including phenoxy) is 1. The average molecular weight is 465 g/mol. The van der Waals surface area contributed by atoms with Crippen molar-refractivity contribution in [2.24, 2.45) is 5.41 Å². The van der Waals surface area contributed by atoms with Crippen LogP contribution in [0.1, 0.15) is 63.0 Å². The topological polar surface area (TPSA) is 105 Å². The van der Waals surface area contributed by atoms with Crippen molar-refractivity contribution in [1.82, 2.24) is 10.6 Å². The minimum Gasteiger partial charge on any atom is -0.481 e. The number of amides is 2. The molecule has 2 aromatic carbocycles. The zero-order valence-corrected chi connectivity index (χ0v) is 19.7. The lowest BCUT2D eigenvalue weighted by molar-refractivity contribution is -0.138. The van der Waals surface area contributed by atoms with Gasteiger partial charge in [0.15, 0.2) is 0 Å². The maximum atomic E-state index is 12.6. The normalized spacial score (nSPS) is 16.1. The molecule has 0 spiro atoms. The van der Waals surface area contributed by atoms with Crippen LogP contribution < -0.4 is 10.6 Å². The zero-order valence-electron chi connectivity index (χ0n) is 19.7. The number of hydrogen-bond donors (Lipinski definition) is 3. The molecule has 0 saturated heterocycles. The lowest BCUT2D eigenvalue weighted by Crippen LogP contribution is -2.50. The van der Waals surface area contributed by atoms with Crippen molar-refractivity contribution in [1.29, 1.82) is 0 Å². The van der Waals surface area contributed by atoms with E-state index in [9.17, 15) is 14.4 Å². The van der Waals surface area contributed by atoms with Gasteiger partial charge in [0.05, 0.1) is 6.42 Å². The van der Waals surface area contributed by atoms with Gasteiger partial charge in [0.25, 0.3) is 0 Å². The number of rotatable bonds is 9. The molecule has 1 saturated carbocycles. The summed E-state index contributed by atoms with van der Waals surface area (Å²) in [4.78, 5) is 36.1. The van der Waals surface area contributed by atoms with E-state index in [0.717, 1.165) is 30.4 Å². The molecule has 4 rings (SSSR count). The largest absolute Gasteiger partial charge is 0.481 e. The highest BCUT2D eigenvalue weighted by molar-refractivity contribution is 5.80. The molecular weight excluding hydrogens is 432 g/mol. The monoisotopic (exact) mass is 464 g/mol. The van der Waals surface area contributed by atoms with E-state index in [4.69, 9.17) is 9.84 Å². The molecule has 2 amide bonds. The predicted octanol–water partition coefficient (Wildman–Crippen LogP) is 4.46. The Labute approximate surface area is 199 Å². The Hall–Kier alpha value is -3.35. The Morgan fingerprint density at radius 3 is 2.15 bits per heavy atom. The van der Waals surface area contributed by atoms with Gasteiger partial charge in [-0.05, 0) is 54.4 Å². The van der Waals surface area contributed by atoms with Crippen LogP contribution in [0.4, 0.5) is 4.79 Å². The quantitative estimate of drug-likeness (QED) is 0.508.